The Hall–Kier alpha value is -0.0800. The summed E-state index contributed by atoms with van der Waals surface area (Å²) in [5, 5.41) is 12.5. The van der Waals surface area contributed by atoms with Crippen LogP contribution in [0.1, 0.15) is 39.5 Å². The highest BCUT2D eigenvalue weighted by atomic mass is 16.3. The fourth-order valence-corrected chi connectivity index (χ4v) is 2.00. The van der Waals surface area contributed by atoms with Crippen LogP contribution >= 0.6 is 0 Å². The lowest BCUT2D eigenvalue weighted by Crippen LogP contribution is -2.41. The van der Waals surface area contributed by atoms with Crippen LogP contribution in [0, 0.1) is 5.92 Å². The van der Waals surface area contributed by atoms with Crippen molar-refractivity contribution in [3.8, 4) is 0 Å². The van der Waals surface area contributed by atoms with Gasteiger partial charge in [0.1, 0.15) is 0 Å². The van der Waals surface area contributed by atoms with Gasteiger partial charge in [0.2, 0.25) is 0 Å². The molecule has 0 aromatic rings. The van der Waals surface area contributed by atoms with E-state index in [1.165, 1.54) is 19.3 Å². The summed E-state index contributed by atoms with van der Waals surface area (Å²) in [7, 11) is 0. The number of hydrogen-bond acceptors (Lipinski definition) is 2. The lowest BCUT2D eigenvalue weighted by atomic mass is 10.0. The summed E-state index contributed by atoms with van der Waals surface area (Å²) in [5.74, 6) is 0.797. The third-order valence-electron chi connectivity index (χ3n) is 3.02. The van der Waals surface area contributed by atoms with Crippen molar-refractivity contribution in [2.24, 2.45) is 5.92 Å². The molecule has 0 aliphatic heterocycles. The smallest absolute Gasteiger partial charge is 0.0584 e. The summed E-state index contributed by atoms with van der Waals surface area (Å²) in [6.45, 7) is 4.70. The largest absolute Gasteiger partial charge is 0.395 e. The monoisotopic (exact) mass is 171 g/mol. The molecule has 1 fully saturated rings. The van der Waals surface area contributed by atoms with Crippen LogP contribution in [-0.2, 0) is 0 Å². The van der Waals surface area contributed by atoms with E-state index in [-0.39, 0.29) is 6.61 Å². The molecule has 0 aromatic carbocycles. The number of nitrogens with one attached hydrogen (secondary N) is 1. The van der Waals surface area contributed by atoms with E-state index in [1.807, 2.05) is 0 Å². The average molecular weight is 171 g/mol. The van der Waals surface area contributed by atoms with Crippen molar-refractivity contribution in [2.45, 2.75) is 51.6 Å². The van der Waals surface area contributed by atoms with E-state index in [0.717, 1.165) is 12.3 Å². The maximum Gasteiger partial charge on any atom is 0.0584 e. The summed E-state index contributed by atoms with van der Waals surface area (Å²) >= 11 is 0. The normalized spacial score (nSPS) is 32.2. The van der Waals surface area contributed by atoms with E-state index in [4.69, 9.17) is 5.11 Å². The van der Waals surface area contributed by atoms with Gasteiger partial charge in [-0.3, -0.25) is 0 Å². The highest BCUT2D eigenvalue weighted by Gasteiger charge is 2.24. The third-order valence-corrected chi connectivity index (χ3v) is 3.02. The minimum atomic E-state index is 0.278. The molecule has 0 aromatic heterocycles. The van der Waals surface area contributed by atoms with Gasteiger partial charge >= 0.3 is 0 Å². The minimum Gasteiger partial charge on any atom is -0.395 e. The van der Waals surface area contributed by atoms with Gasteiger partial charge in [-0.05, 0) is 25.2 Å². The SMILES string of the molecule is CC[C@H](CO)NC1CCCC1C. The Morgan fingerprint density at radius 2 is 2.25 bits per heavy atom. The molecule has 72 valence electrons. The average Bonchev–Trinajstić information content (AvgIpc) is 2.47. The lowest BCUT2D eigenvalue weighted by Gasteiger charge is -2.23. The molecule has 1 rings (SSSR count). The van der Waals surface area contributed by atoms with Crippen LogP contribution in [0.15, 0.2) is 0 Å². The van der Waals surface area contributed by atoms with Gasteiger partial charge in [-0.1, -0.05) is 20.3 Å². The van der Waals surface area contributed by atoms with Gasteiger partial charge in [0.25, 0.3) is 0 Å². The van der Waals surface area contributed by atoms with Crippen LogP contribution in [0.3, 0.4) is 0 Å². The van der Waals surface area contributed by atoms with E-state index in [2.05, 4.69) is 19.2 Å². The summed E-state index contributed by atoms with van der Waals surface area (Å²) in [6, 6.07) is 0.970. The Labute approximate surface area is 75.4 Å². The molecule has 0 heterocycles. The highest BCUT2D eigenvalue weighted by molar-refractivity contribution is 4.82. The Morgan fingerprint density at radius 1 is 1.50 bits per heavy atom. The van der Waals surface area contributed by atoms with Crippen molar-refractivity contribution in [3.05, 3.63) is 0 Å². The Bertz CT molecular complexity index is 123. The van der Waals surface area contributed by atoms with Crippen LogP contribution in [0.5, 0.6) is 0 Å². The zero-order valence-electron chi connectivity index (χ0n) is 8.21. The molecule has 0 saturated heterocycles. The molecule has 1 aliphatic rings. The van der Waals surface area contributed by atoms with Crippen molar-refractivity contribution in [3.63, 3.8) is 0 Å². The maximum atomic E-state index is 9.01. The standard InChI is InChI=1S/C10H21NO/c1-3-9(7-12)11-10-6-4-5-8(10)2/h8-12H,3-7H2,1-2H3/t8?,9-,10?/m1/s1. The first-order valence-corrected chi connectivity index (χ1v) is 5.14. The predicted octanol–water partition coefficient (Wildman–Crippen LogP) is 1.54. The second-order valence-electron chi connectivity index (χ2n) is 3.97. The first kappa shape index (κ1) is 10.0. The fraction of sp³-hybridized carbons (Fsp3) is 1.00. The summed E-state index contributed by atoms with van der Waals surface area (Å²) < 4.78 is 0. The summed E-state index contributed by atoms with van der Waals surface area (Å²) in [6.07, 6.45) is 5.01. The molecular weight excluding hydrogens is 150 g/mol. The summed E-state index contributed by atoms with van der Waals surface area (Å²) in [4.78, 5) is 0. The molecule has 2 heteroatoms. The molecule has 0 spiro atoms. The van der Waals surface area contributed by atoms with E-state index < -0.39 is 0 Å². The molecule has 3 atom stereocenters. The Kier molecular flexibility index (Phi) is 4.02. The van der Waals surface area contributed by atoms with Gasteiger partial charge in [-0.25, -0.2) is 0 Å². The van der Waals surface area contributed by atoms with Gasteiger partial charge in [-0.2, -0.15) is 0 Å². The Morgan fingerprint density at radius 3 is 2.67 bits per heavy atom. The highest BCUT2D eigenvalue weighted by Crippen LogP contribution is 2.25. The van der Waals surface area contributed by atoms with Crippen molar-refractivity contribution in [2.75, 3.05) is 6.61 Å². The van der Waals surface area contributed by atoms with Crippen LogP contribution in [0.4, 0.5) is 0 Å². The van der Waals surface area contributed by atoms with Gasteiger partial charge in [0.05, 0.1) is 6.61 Å². The maximum absolute atomic E-state index is 9.01. The van der Waals surface area contributed by atoms with Crippen molar-refractivity contribution in [1.29, 1.82) is 0 Å². The van der Waals surface area contributed by atoms with E-state index in [1.54, 1.807) is 0 Å². The predicted molar refractivity (Wildman–Crippen MR) is 51.1 cm³/mol. The molecule has 1 aliphatic carbocycles. The quantitative estimate of drug-likeness (QED) is 0.672. The molecule has 2 nitrogen and oxygen atoms in total. The van der Waals surface area contributed by atoms with Gasteiger partial charge in [0.15, 0.2) is 0 Å². The molecule has 2 N–H and O–H groups in total. The first-order valence-electron chi connectivity index (χ1n) is 5.14. The number of aliphatic hydroxyl groups is 1. The van der Waals surface area contributed by atoms with E-state index in [9.17, 15) is 0 Å². The molecular formula is C10H21NO. The van der Waals surface area contributed by atoms with Crippen LogP contribution in [0.2, 0.25) is 0 Å². The molecule has 1 saturated carbocycles. The first-order chi connectivity index (χ1) is 5.77. The topological polar surface area (TPSA) is 32.3 Å². The van der Waals surface area contributed by atoms with Crippen LogP contribution in [0.25, 0.3) is 0 Å². The van der Waals surface area contributed by atoms with Gasteiger partial charge < -0.3 is 10.4 Å². The molecule has 0 amide bonds. The summed E-state index contributed by atoms with van der Waals surface area (Å²) in [5.41, 5.74) is 0. The Balaban J connectivity index is 2.28. The molecule has 0 bridgehead atoms. The minimum absolute atomic E-state index is 0.278. The molecule has 0 radical (unpaired) electrons. The van der Waals surface area contributed by atoms with Crippen molar-refractivity contribution >= 4 is 0 Å². The zero-order chi connectivity index (χ0) is 8.97. The molecule has 12 heavy (non-hydrogen) atoms. The van der Waals surface area contributed by atoms with E-state index >= 15 is 0 Å². The lowest BCUT2D eigenvalue weighted by molar-refractivity contribution is 0.219. The number of rotatable bonds is 4. The van der Waals surface area contributed by atoms with Crippen molar-refractivity contribution < 1.29 is 5.11 Å². The van der Waals surface area contributed by atoms with Crippen molar-refractivity contribution in [1.82, 2.24) is 5.32 Å². The number of hydrogen-bond donors (Lipinski definition) is 2. The van der Waals surface area contributed by atoms with Gasteiger partial charge in [0, 0.05) is 12.1 Å². The second kappa shape index (κ2) is 4.83. The van der Waals surface area contributed by atoms with Crippen LogP contribution < -0.4 is 5.32 Å². The molecule has 2 unspecified atom stereocenters. The zero-order valence-corrected chi connectivity index (χ0v) is 8.21. The number of aliphatic hydroxyl groups excluding tert-OH is 1. The second-order valence-corrected chi connectivity index (χ2v) is 3.97. The third kappa shape index (κ3) is 2.46. The van der Waals surface area contributed by atoms with Gasteiger partial charge in [-0.15, -0.1) is 0 Å². The fourth-order valence-electron chi connectivity index (χ4n) is 2.00. The van der Waals surface area contributed by atoms with E-state index in [0.29, 0.717) is 12.1 Å². The van der Waals surface area contributed by atoms with Crippen LogP contribution in [-0.4, -0.2) is 23.8 Å².